The highest BCUT2D eigenvalue weighted by Gasteiger charge is 2.72. The van der Waals surface area contributed by atoms with Crippen molar-refractivity contribution in [3.8, 4) is 0 Å². The number of hydrogen-bond donors (Lipinski definition) is 17. The Morgan fingerprint density at radius 2 is 1.05 bits per heavy atom. The molecular weight excluding hydrogens is 1210 g/mol. The van der Waals surface area contributed by atoms with E-state index in [0.717, 1.165) is 0 Å². The highest BCUT2D eigenvalue weighted by atomic mass is 16.8. The Hall–Kier alpha value is -2.36. The van der Waals surface area contributed by atoms with Crippen LogP contribution < -0.4 is 0 Å². The van der Waals surface area contributed by atoms with Gasteiger partial charge in [0.05, 0.1) is 39.1 Å². The first-order valence-electron chi connectivity index (χ1n) is 31.8. The minimum atomic E-state index is -2.18. The molecule has 4 saturated carbocycles. The molecule has 0 spiro atoms. The third kappa shape index (κ3) is 12.0. The smallest absolute Gasteiger partial charge is 0.335 e. The second-order valence-corrected chi connectivity index (χ2v) is 29.4. The second kappa shape index (κ2) is 26.5. The van der Waals surface area contributed by atoms with E-state index in [1.165, 1.54) is 12.5 Å². The number of esters is 1. The van der Waals surface area contributed by atoms with E-state index in [9.17, 15) is 96.4 Å². The first-order valence-corrected chi connectivity index (χ1v) is 31.8. The molecule has 5 heterocycles. The van der Waals surface area contributed by atoms with Crippen molar-refractivity contribution >= 4 is 11.9 Å². The van der Waals surface area contributed by atoms with Crippen LogP contribution in [0.25, 0.3) is 0 Å². The molecule has 35 atom stereocenters. The Morgan fingerprint density at radius 1 is 0.527 bits per heavy atom. The van der Waals surface area contributed by atoms with Gasteiger partial charge in [0.1, 0.15) is 122 Å². The molecule has 17 N–H and O–H groups in total. The molecule has 91 heavy (non-hydrogen) atoms. The van der Waals surface area contributed by atoms with Crippen molar-refractivity contribution in [2.75, 3.05) is 33.0 Å². The maximum absolute atomic E-state index is 13.1. The van der Waals surface area contributed by atoms with E-state index in [2.05, 4.69) is 33.8 Å². The summed E-state index contributed by atoms with van der Waals surface area (Å²) in [4.78, 5) is 25.7. The Kier molecular flexibility index (Phi) is 20.8. The maximum atomic E-state index is 13.1. The molecule has 0 aromatic heterocycles. The van der Waals surface area contributed by atoms with Crippen LogP contribution in [0.4, 0.5) is 0 Å². The fourth-order valence-electron chi connectivity index (χ4n) is 18.3. The molecule has 10 rings (SSSR count). The van der Waals surface area contributed by atoms with Crippen molar-refractivity contribution in [2.45, 2.75) is 272 Å². The lowest BCUT2D eigenvalue weighted by molar-refractivity contribution is -0.397. The third-order valence-corrected chi connectivity index (χ3v) is 23.8. The van der Waals surface area contributed by atoms with Crippen molar-refractivity contribution < 1.29 is 149 Å². The lowest BCUT2D eigenvalue weighted by Crippen LogP contribution is -2.69. The summed E-state index contributed by atoms with van der Waals surface area (Å²) in [5, 5.41) is 184. The number of fused-ring (bicyclic) bond motifs is 7. The number of aliphatic hydroxyl groups excluding tert-OH is 16. The molecule has 0 amide bonds. The number of carboxylic acid groups (broad SMARTS) is 1. The van der Waals surface area contributed by atoms with Gasteiger partial charge in [-0.05, 0) is 85.4 Å². The van der Waals surface area contributed by atoms with Gasteiger partial charge in [0.15, 0.2) is 37.6 Å². The van der Waals surface area contributed by atoms with Crippen molar-refractivity contribution in [3.63, 3.8) is 0 Å². The van der Waals surface area contributed by atoms with E-state index >= 15 is 0 Å². The molecule has 5 saturated heterocycles. The van der Waals surface area contributed by atoms with Gasteiger partial charge >= 0.3 is 11.9 Å². The topological polar surface area (TPSA) is 480 Å². The summed E-state index contributed by atoms with van der Waals surface area (Å²) < 4.78 is 66.8. The van der Waals surface area contributed by atoms with Crippen molar-refractivity contribution in [1.82, 2.24) is 0 Å². The first kappa shape index (κ1) is 71.4. The monoisotopic (exact) mass is 1310 g/mol. The summed E-state index contributed by atoms with van der Waals surface area (Å²) in [5.74, 6) is -2.70. The van der Waals surface area contributed by atoms with Gasteiger partial charge in [0, 0.05) is 23.2 Å². The van der Waals surface area contributed by atoms with E-state index in [1.807, 2.05) is 20.8 Å². The van der Waals surface area contributed by atoms with Gasteiger partial charge in [0.2, 0.25) is 0 Å². The molecule has 5 aliphatic carbocycles. The van der Waals surface area contributed by atoms with Gasteiger partial charge in [-0.2, -0.15) is 0 Å². The molecule has 0 radical (unpaired) electrons. The normalized spacial score (nSPS) is 54.0. The minimum absolute atomic E-state index is 0.000308. The molecule has 9 fully saturated rings. The zero-order chi connectivity index (χ0) is 66.7. The molecule has 30 heteroatoms. The molecule has 0 unspecified atom stereocenters. The minimum Gasteiger partial charge on any atom is -0.479 e. The standard InChI is InChI=1S/C61H98O30/c1-23(66)82-48-49(91-51-43(78)44(26(67)21-81-51)87-52-41(76)36(71)33(68)27(18-62)83-52)57(4)15-16-60(7)24(25(57)17-56(48,2)3)9-10-31-58(5)13-12-32(59(6,22-65)30(58)11-14-61(31,60)8)86-55-47(40(75)39(74)45(88-55)50(79)80)90-54-46(38(73)35(70)29(20-64)85-54)89-53-42(77)37(72)34(69)28(19-63)84-53/h9,25-49,51-55,62-65,67-78H,10-22H2,1-8H3,(H,79,80)/t25-,26+,27+,28+,29+,30+,31+,32-,33+,34+,35-,36-,37-,38-,39-,40-,41+,42+,43-,44-,45-,46+,47+,48-,49+,51-,52-,53-,54-,55+,57+,58-,59-,60+,61+/m0/s1. The SMILES string of the molecule is CC(=O)O[C@H]1[C@@H](O[C@@H]2OC[C@@H](O)[C@H](O[C@@H]3O[C@H](CO)[C@@H](O)[C@H](O)[C@H]3O)[C@@H]2O)[C@]2(C)CC[C@]3(C)C(=CC[C@@H]4[C@@]5(C)CC[C@H](O[C@@H]6O[C@H](C(=O)O)[C@@H](O)[C@H](O)[C@H]6O[C@@H]6O[C@H](CO)[C@H](O)[C@H](O)[C@H]6O[C@@H]6O[C@H](CO)[C@@H](O)[C@H](O)[C@H]6O)[C@@](C)(CO)[C@@H]5CC[C@]43C)[C@@H]2CC1(C)C. The highest BCUT2D eigenvalue weighted by molar-refractivity contribution is 5.73. The van der Waals surface area contributed by atoms with E-state index in [0.29, 0.717) is 44.9 Å². The third-order valence-electron chi connectivity index (χ3n) is 23.8. The van der Waals surface area contributed by atoms with E-state index in [-0.39, 0.29) is 29.6 Å². The Balaban J connectivity index is 0.910. The van der Waals surface area contributed by atoms with Gasteiger partial charge in [-0.1, -0.05) is 60.1 Å². The highest BCUT2D eigenvalue weighted by Crippen LogP contribution is 2.76. The number of rotatable bonds is 16. The zero-order valence-corrected chi connectivity index (χ0v) is 52.5. The van der Waals surface area contributed by atoms with Crippen LogP contribution in [0, 0.1) is 50.2 Å². The molecule has 30 nitrogen and oxygen atoms in total. The predicted molar refractivity (Wildman–Crippen MR) is 302 cm³/mol. The average molecular weight is 1310 g/mol. The van der Waals surface area contributed by atoms with Crippen LogP contribution >= 0.6 is 0 Å². The van der Waals surface area contributed by atoms with Gasteiger partial charge in [-0.25, -0.2) is 4.79 Å². The zero-order valence-electron chi connectivity index (χ0n) is 52.5. The number of carboxylic acids is 1. The Morgan fingerprint density at radius 3 is 1.60 bits per heavy atom. The number of allylic oxidation sites excluding steroid dienone is 2. The van der Waals surface area contributed by atoms with Gasteiger partial charge < -0.3 is 139 Å². The van der Waals surface area contributed by atoms with E-state index in [4.69, 9.17) is 52.1 Å². The molecule has 0 bridgehead atoms. The maximum Gasteiger partial charge on any atom is 0.335 e. The second-order valence-electron chi connectivity index (χ2n) is 29.4. The van der Waals surface area contributed by atoms with Crippen molar-refractivity contribution in [2.24, 2.45) is 50.2 Å². The molecule has 0 aromatic carbocycles. The number of hydrogen-bond acceptors (Lipinski definition) is 29. The van der Waals surface area contributed by atoms with Crippen LogP contribution in [0.5, 0.6) is 0 Å². The lowest BCUT2D eigenvalue weighted by atomic mass is 9.33. The quantitative estimate of drug-likeness (QED) is 0.0393. The summed E-state index contributed by atoms with van der Waals surface area (Å²) in [7, 11) is 0. The number of carbonyl (C=O) groups is 2. The summed E-state index contributed by atoms with van der Waals surface area (Å²) in [6.07, 6.45) is -39.6. The molecule has 522 valence electrons. The Labute approximate surface area is 526 Å². The molecule has 5 aliphatic heterocycles. The summed E-state index contributed by atoms with van der Waals surface area (Å²) in [6.45, 7) is 12.8. The number of aliphatic hydroxyl groups is 16. The molecule has 10 aliphatic rings. The van der Waals surface area contributed by atoms with Crippen LogP contribution in [0.15, 0.2) is 11.6 Å². The van der Waals surface area contributed by atoms with E-state index in [1.54, 1.807) is 0 Å². The van der Waals surface area contributed by atoms with Crippen LogP contribution in [-0.2, 0) is 61.7 Å². The fraction of sp³-hybridized carbons (Fsp3) is 0.934. The number of carbonyl (C=O) groups excluding carboxylic acids is 1. The first-order chi connectivity index (χ1) is 42.6. The van der Waals surface area contributed by atoms with Crippen molar-refractivity contribution in [3.05, 3.63) is 11.6 Å². The fourth-order valence-corrected chi connectivity index (χ4v) is 18.3. The van der Waals surface area contributed by atoms with Crippen LogP contribution in [0.1, 0.15) is 107 Å². The number of ether oxygens (including phenoxy) is 11. The van der Waals surface area contributed by atoms with E-state index < -0.39 is 238 Å². The summed E-state index contributed by atoms with van der Waals surface area (Å²) >= 11 is 0. The lowest BCUT2D eigenvalue weighted by Gasteiger charge is -2.72. The van der Waals surface area contributed by atoms with Crippen molar-refractivity contribution in [1.29, 1.82) is 0 Å². The number of aliphatic carboxylic acids is 1. The predicted octanol–water partition coefficient (Wildman–Crippen LogP) is -4.49. The summed E-state index contributed by atoms with van der Waals surface area (Å²) in [5.41, 5.74) is -2.76. The average Bonchev–Trinajstić information content (AvgIpc) is 0.676. The van der Waals surface area contributed by atoms with Crippen LogP contribution in [-0.4, -0.2) is 298 Å². The molecule has 0 aromatic rings. The van der Waals surface area contributed by atoms with Gasteiger partial charge in [-0.3, -0.25) is 4.79 Å². The summed E-state index contributed by atoms with van der Waals surface area (Å²) in [6, 6.07) is 0. The van der Waals surface area contributed by atoms with Crippen LogP contribution in [0.2, 0.25) is 0 Å². The van der Waals surface area contributed by atoms with Gasteiger partial charge in [-0.15, -0.1) is 0 Å². The van der Waals surface area contributed by atoms with Crippen LogP contribution in [0.3, 0.4) is 0 Å². The Bertz CT molecular complexity index is 2580. The molecular formula is C61H98O30. The largest absolute Gasteiger partial charge is 0.479 e. The van der Waals surface area contributed by atoms with Gasteiger partial charge in [0.25, 0.3) is 0 Å².